The molecule has 2 heterocycles. The van der Waals surface area contributed by atoms with Gasteiger partial charge < -0.3 is 10.2 Å². The lowest BCUT2D eigenvalue weighted by Gasteiger charge is -2.34. The maximum atomic E-state index is 12.4. The van der Waals surface area contributed by atoms with Gasteiger partial charge in [0.15, 0.2) is 0 Å². The van der Waals surface area contributed by atoms with E-state index in [-0.39, 0.29) is 6.03 Å². The zero-order valence-electron chi connectivity index (χ0n) is 13.7. The normalized spacial score (nSPS) is 15.3. The number of anilines is 1. The number of pyridine rings is 1. The van der Waals surface area contributed by atoms with Gasteiger partial charge in [0, 0.05) is 45.1 Å². The number of aromatic nitrogens is 1. The number of hydrogen-bond acceptors (Lipinski definition) is 3. The maximum absolute atomic E-state index is 12.4. The maximum Gasteiger partial charge on any atom is 0.321 e. The van der Waals surface area contributed by atoms with Gasteiger partial charge in [-0.15, -0.1) is 0 Å². The van der Waals surface area contributed by atoms with Crippen molar-refractivity contribution in [2.45, 2.75) is 13.5 Å². The van der Waals surface area contributed by atoms with E-state index < -0.39 is 0 Å². The van der Waals surface area contributed by atoms with Crippen molar-refractivity contribution in [3.63, 3.8) is 0 Å². The molecule has 1 N–H and O–H groups in total. The first-order chi connectivity index (χ1) is 11.6. The first kappa shape index (κ1) is 16.7. The number of nitrogens with zero attached hydrogens (tertiary/aromatic N) is 3. The highest BCUT2D eigenvalue weighted by molar-refractivity contribution is 6.33. The molecule has 1 aromatic heterocycles. The van der Waals surface area contributed by atoms with E-state index in [0.29, 0.717) is 23.8 Å². The molecule has 0 bridgehead atoms. The van der Waals surface area contributed by atoms with Crippen molar-refractivity contribution in [2.75, 3.05) is 31.5 Å². The average molecular weight is 345 g/mol. The Morgan fingerprint density at radius 3 is 2.54 bits per heavy atom. The molecule has 0 spiro atoms. The van der Waals surface area contributed by atoms with Gasteiger partial charge in [-0.1, -0.05) is 17.7 Å². The number of piperazine rings is 1. The van der Waals surface area contributed by atoms with Gasteiger partial charge in [0.2, 0.25) is 0 Å². The minimum absolute atomic E-state index is 0.0932. The van der Waals surface area contributed by atoms with Crippen molar-refractivity contribution in [1.29, 1.82) is 0 Å². The molecule has 24 heavy (non-hydrogen) atoms. The summed E-state index contributed by atoms with van der Waals surface area (Å²) in [4.78, 5) is 20.6. The van der Waals surface area contributed by atoms with E-state index in [1.54, 1.807) is 0 Å². The number of amides is 2. The van der Waals surface area contributed by atoms with E-state index >= 15 is 0 Å². The Morgan fingerprint density at radius 2 is 1.88 bits per heavy atom. The molecule has 2 aromatic rings. The van der Waals surface area contributed by atoms with E-state index in [4.69, 9.17) is 11.6 Å². The van der Waals surface area contributed by atoms with Crippen molar-refractivity contribution in [3.8, 4) is 0 Å². The van der Waals surface area contributed by atoms with E-state index in [1.165, 1.54) is 5.56 Å². The third kappa shape index (κ3) is 4.24. The molecule has 0 atom stereocenters. The number of carbonyl (C=O) groups excluding carboxylic acids is 1. The van der Waals surface area contributed by atoms with E-state index in [0.717, 1.165) is 25.2 Å². The van der Waals surface area contributed by atoms with Crippen LogP contribution in [-0.2, 0) is 6.54 Å². The molecule has 1 aromatic carbocycles. The van der Waals surface area contributed by atoms with Gasteiger partial charge in [-0.25, -0.2) is 4.79 Å². The predicted molar refractivity (Wildman–Crippen MR) is 96.3 cm³/mol. The lowest BCUT2D eigenvalue weighted by molar-refractivity contribution is 0.143. The number of carbonyl (C=O) groups is 1. The zero-order valence-corrected chi connectivity index (χ0v) is 14.5. The van der Waals surface area contributed by atoms with Crippen molar-refractivity contribution >= 4 is 23.3 Å². The lowest BCUT2D eigenvalue weighted by atomic mass is 10.2. The largest absolute Gasteiger partial charge is 0.322 e. The van der Waals surface area contributed by atoms with Gasteiger partial charge in [0.05, 0.1) is 10.7 Å². The van der Waals surface area contributed by atoms with Crippen LogP contribution >= 0.6 is 11.6 Å². The molecule has 0 radical (unpaired) electrons. The molecule has 3 rings (SSSR count). The molecule has 1 aliphatic heterocycles. The molecule has 2 amide bonds. The second kappa shape index (κ2) is 7.64. The summed E-state index contributed by atoms with van der Waals surface area (Å²) in [6.07, 6.45) is 3.62. The summed E-state index contributed by atoms with van der Waals surface area (Å²) >= 11 is 6.18. The highest BCUT2D eigenvalue weighted by atomic mass is 35.5. The summed E-state index contributed by atoms with van der Waals surface area (Å²) in [7, 11) is 0. The molecule has 0 aliphatic carbocycles. The van der Waals surface area contributed by atoms with Gasteiger partial charge >= 0.3 is 6.03 Å². The SMILES string of the molecule is Cc1ccc(NC(=O)N2CCN(Cc3ccncc3)CC2)c(Cl)c1. The number of nitrogens with one attached hydrogen (secondary N) is 1. The Bertz CT molecular complexity index is 699. The minimum atomic E-state index is -0.0932. The molecular weight excluding hydrogens is 324 g/mol. The summed E-state index contributed by atoms with van der Waals surface area (Å²) in [6.45, 7) is 6.00. The number of urea groups is 1. The molecule has 6 heteroatoms. The summed E-state index contributed by atoms with van der Waals surface area (Å²) in [6, 6.07) is 9.59. The molecule has 0 saturated carbocycles. The average Bonchev–Trinajstić information content (AvgIpc) is 2.59. The van der Waals surface area contributed by atoms with Crippen molar-refractivity contribution < 1.29 is 4.79 Å². The Kier molecular flexibility index (Phi) is 5.33. The standard InChI is InChI=1S/C18H21ClN4O/c1-14-2-3-17(16(19)12-14)21-18(24)23-10-8-22(9-11-23)13-15-4-6-20-7-5-15/h2-7,12H,8-11,13H2,1H3,(H,21,24). The van der Waals surface area contributed by atoms with Crippen LogP contribution in [0.3, 0.4) is 0 Å². The second-order valence-electron chi connectivity index (χ2n) is 6.03. The highest BCUT2D eigenvalue weighted by Crippen LogP contribution is 2.23. The predicted octanol–water partition coefficient (Wildman–Crippen LogP) is 3.39. The van der Waals surface area contributed by atoms with Crippen LogP contribution in [0.4, 0.5) is 10.5 Å². The first-order valence-electron chi connectivity index (χ1n) is 8.05. The minimum Gasteiger partial charge on any atom is -0.322 e. The Morgan fingerprint density at radius 1 is 1.17 bits per heavy atom. The van der Waals surface area contributed by atoms with Crippen molar-refractivity contribution in [1.82, 2.24) is 14.8 Å². The van der Waals surface area contributed by atoms with Gasteiger partial charge in [0.1, 0.15) is 0 Å². The van der Waals surface area contributed by atoms with Gasteiger partial charge in [-0.05, 0) is 42.3 Å². The third-order valence-electron chi connectivity index (χ3n) is 4.18. The first-order valence-corrected chi connectivity index (χ1v) is 8.43. The van der Waals surface area contributed by atoms with Crippen LogP contribution in [0.5, 0.6) is 0 Å². The Labute approximate surface area is 147 Å². The van der Waals surface area contributed by atoms with Crippen LogP contribution in [0, 0.1) is 6.92 Å². The van der Waals surface area contributed by atoms with Gasteiger partial charge in [-0.2, -0.15) is 0 Å². The van der Waals surface area contributed by atoms with Crippen LogP contribution in [0.1, 0.15) is 11.1 Å². The number of hydrogen-bond donors (Lipinski definition) is 1. The number of halogens is 1. The van der Waals surface area contributed by atoms with Crippen LogP contribution in [0.15, 0.2) is 42.7 Å². The van der Waals surface area contributed by atoms with E-state index in [2.05, 4.69) is 15.2 Å². The zero-order chi connectivity index (χ0) is 16.9. The van der Waals surface area contributed by atoms with Crippen molar-refractivity contribution in [3.05, 3.63) is 58.9 Å². The van der Waals surface area contributed by atoms with Crippen LogP contribution in [-0.4, -0.2) is 47.0 Å². The van der Waals surface area contributed by atoms with Gasteiger partial charge in [0.25, 0.3) is 0 Å². The lowest BCUT2D eigenvalue weighted by Crippen LogP contribution is -2.49. The smallest absolute Gasteiger partial charge is 0.321 e. The van der Waals surface area contributed by atoms with Crippen LogP contribution in [0.2, 0.25) is 5.02 Å². The molecule has 1 fully saturated rings. The van der Waals surface area contributed by atoms with Crippen LogP contribution < -0.4 is 5.32 Å². The fourth-order valence-electron chi connectivity index (χ4n) is 2.77. The molecular formula is C18H21ClN4O. The van der Waals surface area contributed by atoms with E-state index in [1.807, 2.05) is 54.5 Å². The third-order valence-corrected chi connectivity index (χ3v) is 4.49. The highest BCUT2D eigenvalue weighted by Gasteiger charge is 2.21. The van der Waals surface area contributed by atoms with Crippen molar-refractivity contribution in [2.24, 2.45) is 0 Å². The Balaban J connectivity index is 1.51. The quantitative estimate of drug-likeness (QED) is 0.928. The molecule has 5 nitrogen and oxygen atoms in total. The molecule has 1 aliphatic rings. The fourth-order valence-corrected chi connectivity index (χ4v) is 3.05. The summed E-state index contributed by atoms with van der Waals surface area (Å²) < 4.78 is 0. The molecule has 0 unspecified atom stereocenters. The van der Waals surface area contributed by atoms with E-state index in [9.17, 15) is 4.79 Å². The van der Waals surface area contributed by atoms with Gasteiger partial charge in [-0.3, -0.25) is 9.88 Å². The van der Waals surface area contributed by atoms with Crippen LogP contribution in [0.25, 0.3) is 0 Å². The second-order valence-corrected chi connectivity index (χ2v) is 6.44. The number of aryl methyl sites for hydroxylation is 1. The summed E-state index contributed by atoms with van der Waals surface area (Å²) in [5.74, 6) is 0. The molecule has 126 valence electrons. The summed E-state index contributed by atoms with van der Waals surface area (Å²) in [5, 5.41) is 3.47. The number of benzene rings is 1. The fraction of sp³-hybridized carbons (Fsp3) is 0.333. The Hall–Kier alpha value is -2.11. The topological polar surface area (TPSA) is 48.5 Å². The molecule has 1 saturated heterocycles. The summed E-state index contributed by atoms with van der Waals surface area (Å²) in [5.41, 5.74) is 2.98. The number of rotatable bonds is 3. The monoisotopic (exact) mass is 344 g/mol.